The summed E-state index contributed by atoms with van der Waals surface area (Å²) < 4.78 is 6.11. The molecule has 6 heteroatoms. The van der Waals surface area contributed by atoms with Crippen LogP contribution in [-0.4, -0.2) is 17.2 Å². The lowest BCUT2D eigenvalue weighted by molar-refractivity contribution is 0.390. The van der Waals surface area contributed by atoms with Gasteiger partial charge in [-0.25, -0.2) is 0 Å². The van der Waals surface area contributed by atoms with Crippen LogP contribution in [0.2, 0.25) is 0 Å². The minimum atomic E-state index is 0.618. The van der Waals surface area contributed by atoms with Gasteiger partial charge in [0.1, 0.15) is 11.5 Å². The molecule has 0 aliphatic rings. The van der Waals surface area contributed by atoms with Crippen LogP contribution in [0.15, 0.2) is 39.5 Å². The minimum Gasteiger partial charge on any atom is -0.396 e. The number of hydrogen-bond donors (Lipinski definition) is 1. The topological polar surface area (TPSA) is 68.2 Å². The van der Waals surface area contributed by atoms with Crippen LogP contribution < -0.4 is 10.6 Å². The second kappa shape index (κ2) is 5.37. The maximum Gasteiger partial charge on any atom is 0.133 e. The fourth-order valence-corrected chi connectivity index (χ4v) is 2.77. The van der Waals surface area contributed by atoms with Gasteiger partial charge < -0.3 is 15.2 Å². The quantitative estimate of drug-likeness (QED) is 0.785. The van der Waals surface area contributed by atoms with Crippen molar-refractivity contribution in [2.24, 2.45) is 0 Å². The molecule has 3 aromatic rings. The van der Waals surface area contributed by atoms with Gasteiger partial charge in [-0.1, -0.05) is 21.1 Å². The van der Waals surface area contributed by atoms with E-state index in [1.807, 2.05) is 38.2 Å². The molecular weight excluding hydrogens is 332 g/mol. The van der Waals surface area contributed by atoms with Crippen LogP contribution in [0.4, 0.5) is 11.4 Å². The van der Waals surface area contributed by atoms with Gasteiger partial charge in [-0.2, -0.15) is 0 Å². The first-order chi connectivity index (χ1) is 10.0. The third kappa shape index (κ3) is 2.71. The molecule has 5 nitrogen and oxygen atoms in total. The van der Waals surface area contributed by atoms with Crippen LogP contribution in [0.3, 0.4) is 0 Å². The Bertz CT molecular complexity index is 794. The van der Waals surface area contributed by atoms with Crippen molar-refractivity contribution in [2.45, 2.75) is 13.5 Å². The second-order valence-electron chi connectivity index (χ2n) is 5.01. The van der Waals surface area contributed by atoms with Crippen LogP contribution in [0.5, 0.6) is 0 Å². The monoisotopic (exact) mass is 346 g/mol. The maximum atomic E-state index is 6.13. The Hall–Kier alpha value is -2.08. The summed E-state index contributed by atoms with van der Waals surface area (Å²) in [6, 6.07) is 7.89. The fraction of sp³-hybridized carbons (Fsp3) is 0.200. The van der Waals surface area contributed by atoms with Crippen molar-refractivity contribution in [1.82, 2.24) is 10.1 Å². The number of nitrogen functional groups attached to an aromatic ring is 1. The van der Waals surface area contributed by atoms with E-state index < -0.39 is 0 Å². The van der Waals surface area contributed by atoms with E-state index in [1.54, 1.807) is 6.20 Å². The number of halogens is 1. The highest BCUT2D eigenvalue weighted by Crippen LogP contribution is 2.33. The lowest BCUT2D eigenvalue weighted by Crippen LogP contribution is -2.18. The molecule has 0 saturated heterocycles. The predicted molar refractivity (Wildman–Crippen MR) is 87.2 cm³/mol. The van der Waals surface area contributed by atoms with E-state index in [1.165, 1.54) is 0 Å². The van der Waals surface area contributed by atoms with Gasteiger partial charge in [0.15, 0.2) is 0 Å². The molecule has 0 saturated carbocycles. The van der Waals surface area contributed by atoms with Gasteiger partial charge in [-0.3, -0.25) is 4.98 Å². The third-order valence-corrected chi connectivity index (χ3v) is 3.78. The number of nitrogens with two attached hydrogens (primary N) is 1. The van der Waals surface area contributed by atoms with E-state index in [2.05, 4.69) is 31.0 Å². The van der Waals surface area contributed by atoms with Crippen LogP contribution in [0, 0.1) is 6.92 Å². The highest BCUT2D eigenvalue weighted by molar-refractivity contribution is 9.10. The Morgan fingerprint density at radius 2 is 2.14 bits per heavy atom. The first kappa shape index (κ1) is 13.9. The number of hydrogen-bond acceptors (Lipinski definition) is 5. The number of aromatic nitrogens is 2. The number of pyridine rings is 1. The summed E-state index contributed by atoms with van der Waals surface area (Å²) in [5.74, 6) is 0.800. The number of rotatable bonds is 3. The van der Waals surface area contributed by atoms with Crippen LogP contribution in [-0.2, 0) is 6.54 Å². The molecule has 0 radical (unpaired) electrons. The van der Waals surface area contributed by atoms with Crippen LogP contribution in [0.25, 0.3) is 10.9 Å². The molecule has 0 aliphatic carbocycles. The Labute approximate surface area is 130 Å². The Balaban J connectivity index is 2.05. The van der Waals surface area contributed by atoms with Crippen molar-refractivity contribution in [3.8, 4) is 0 Å². The van der Waals surface area contributed by atoms with Gasteiger partial charge in [0.25, 0.3) is 0 Å². The molecule has 0 aliphatic heterocycles. The van der Waals surface area contributed by atoms with Crippen molar-refractivity contribution in [3.05, 3.63) is 46.4 Å². The van der Waals surface area contributed by atoms with E-state index in [4.69, 9.17) is 10.3 Å². The first-order valence-corrected chi connectivity index (χ1v) is 7.31. The summed E-state index contributed by atoms with van der Waals surface area (Å²) in [6.45, 7) is 2.50. The summed E-state index contributed by atoms with van der Waals surface area (Å²) in [6.07, 6.45) is 1.69. The summed E-state index contributed by atoms with van der Waals surface area (Å²) in [5.41, 5.74) is 9.50. The summed E-state index contributed by atoms with van der Waals surface area (Å²) in [4.78, 5) is 6.43. The number of benzene rings is 1. The zero-order chi connectivity index (χ0) is 15.0. The van der Waals surface area contributed by atoms with Crippen molar-refractivity contribution in [1.29, 1.82) is 0 Å². The first-order valence-electron chi connectivity index (χ1n) is 6.51. The molecule has 0 fully saturated rings. The number of nitrogens with zero attached hydrogens (tertiary/aromatic N) is 3. The zero-order valence-electron chi connectivity index (χ0n) is 11.8. The Kier molecular flexibility index (Phi) is 3.55. The lowest BCUT2D eigenvalue weighted by Gasteiger charge is -2.21. The summed E-state index contributed by atoms with van der Waals surface area (Å²) in [7, 11) is 1.98. The van der Waals surface area contributed by atoms with Crippen molar-refractivity contribution >= 4 is 38.2 Å². The predicted octanol–water partition coefficient (Wildman–Crippen LogP) is 3.51. The van der Waals surface area contributed by atoms with Crippen LogP contribution >= 0.6 is 15.9 Å². The van der Waals surface area contributed by atoms with Crippen LogP contribution in [0.1, 0.15) is 11.5 Å². The van der Waals surface area contributed by atoms with Gasteiger partial charge >= 0.3 is 0 Å². The molecule has 0 bridgehead atoms. The molecular formula is C15H15BrN4O. The van der Waals surface area contributed by atoms with E-state index in [9.17, 15) is 0 Å². The summed E-state index contributed by atoms with van der Waals surface area (Å²) >= 11 is 3.50. The van der Waals surface area contributed by atoms with Gasteiger partial charge in [0.2, 0.25) is 0 Å². The lowest BCUT2D eigenvalue weighted by atomic mass is 10.1. The number of anilines is 2. The van der Waals surface area contributed by atoms with E-state index in [-0.39, 0.29) is 0 Å². The van der Waals surface area contributed by atoms with E-state index >= 15 is 0 Å². The summed E-state index contributed by atoms with van der Waals surface area (Å²) in [5, 5.41) is 5.03. The maximum absolute atomic E-state index is 6.13. The Morgan fingerprint density at radius 3 is 2.86 bits per heavy atom. The molecule has 3 rings (SSSR count). The molecule has 21 heavy (non-hydrogen) atoms. The number of fused-ring (bicyclic) bond motifs is 1. The zero-order valence-corrected chi connectivity index (χ0v) is 13.4. The molecule has 2 N–H and O–H groups in total. The van der Waals surface area contributed by atoms with Crippen molar-refractivity contribution in [2.75, 3.05) is 17.7 Å². The minimum absolute atomic E-state index is 0.618. The van der Waals surface area contributed by atoms with E-state index in [0.717, 1.165) is 32.5 Å². The molecule has 0 spiro atoms. The molecule has 2 heterocycles. The molecule has 0 atom stereocenters. The second-order valence-corrected chi connectivity index (χ2v) is 5.92. The highest BCUT2D eigenvalue weighted by atomic mass is 79.9. The largest absolute Gasteiger partial charge is 0.396 e. The molecule has 0 unspecified atom stereocenters. The van der Waals surface area contributed by atoms with Gasteiger partial charge in [0.05, 0.1) is 29.6 Å². The van der Waals surface area contributed by atoms with Crippen molar-refractivity contribution < 1.29 is 4.52 Å². The molecule has 0 amide bonds. The SMILES string of the molecule is Cc1cc(CN(C)c2c(N)cnc3ccc(Br)cc23)no1. The number of aryl methyl sites for hydroxylation is 1. The standard InChI is InChI=1S/C15H15BrN4O/c1-9-5-11(19-21-9)8-20(2)15-12-6-10(16)3-4-14(12)18-7-13(15)17/h3-7H,8,17H2,1-2H3. The van der Waals surface area contributed by atoms with Gasteiger partial charge in [0, 0.05) is 23.0 Å². The highest BCUT2D eigenvalue weighted by Gasteiger charge is 2.13. The third-order valence-electron chi connectivity index (χ3n) is 3.29. The molecule has 1 aromatic carbocycles. The average molecular weight is 347 g/mol. The normalized spacial score (nSPS) is 11.0. The molecule has 2 aromatic heterocycles. The molecule has 108 valence electrons. The van der Waals surface area contributed by atoms with Gasteiger partial charge in [-0.05, 0) is 25.1 Å². The Morgan fingerprint density at radius 1 is 1.33 bits per heavy atom. The average Bonchev–Trinajstić information content (AvgIpc) is 2.83. The van der Waals surface area contributed by atoms with E-state index in [0.29, 0.717) is 12.2 Å². The smallest absolute Gasteiger partial charge is 0.133 e. The van der Waals surface area contributed by atoms with Crippen molar-refractivity contribution in [3.63, 3.8) is 0 Å². The fourth-order valence-electron chi connectivity index (χ4n) is 2.41. The van der Waals surface area contributed by atoms with Gasteiger partial charge in [-0.15, -0.1) is 0 Å².